The number of rotatable bonds is 9. The topological polar surface area (TPSA) is 102 Å². The number of nitrogens with one attached hydrogen (secondary N) is 1. The van der Waals surface area contributed by atoms with E-state index >= 15 is 0 Å². The maximum Gasteiger partial charge on any atom is 0.251 e. The Bertz CT molecular complexity index is 1280. The number of amides is 2. The Hall–Kier alpha value is -4.05. The van der Waals surface area contributed by atoms with Gasteiger partial charge in [0.15, 0.2) is 6.04 Å². The quantitative estimate of drug-likeness (QED) is 0.381. The van der Waals surface area contributed by atoms with Crippen LogP contribution in [0.15, 0.2) is 65.1 Å². The number of carbonyl (C=O) groups excluding carboxylic acids is 2. The van der Waals surface area contributed by atoms with Crippen molar-refractivity contribution < 1.29 is 23.1 Å². The van der Waals surface area contributed by atoms with Crippen LogP contribution in [0.4, 0.5) is 10.1 Å². The lowest BCUT2D eigenvalue weighted by Gasteiger charge is -2.30. The molecule has 0 fully saturated rings. The third-order valence-corrected chi connectivity index (χ3v) is 5.22. The summed E-state index contributed by atoms with van der Waals surface area (Å²) in [5.41, 5.74) is 1.64. The second kappa shape index (κ2) is 10.3. The van der Waals surface area contributed by atoms with Crippen molar-refractivity contribution in [3.8, 4) is 0 Å². The number of hydrogen-bond donors (Lipinski definition) is 1. The summed E-state index contributed by atoms with van der Waals surface area (Å²) in [4.78, 5) is 28.3. The highest BCUT2D eigenvalue weighted by Crippen LogP contribution is 2.30. The Balaban J connectivity index is 1.75. The summed E-state index contributed by atoms with van der Waals surface area (Å²) in [5, 5.41) is 10.9. The Labute approximate surface area is 195 Å². The summed E-state index contributed by atoms with van der Waals surface area (Å²) in [6.07, 6.45) is 0. The van der Waals surface area contributed by atoms with Crippen molar-refractivity contribution in [3.05, 3.63) is 78.0 Å². The number of aromatic nitrogens is 3. The molecule has 0 saturated heterocycles. The zero-order valence-corrected chi connectivity index (χ0v) is 18.8. The molecule has 0 spiro atoms. The SMILES string of the molecule is COCCNC(=O)[C@@H](c1ccc(C)o1)N(C(=O)Cn1nnc2ccccc21)c1ccc(F)cc1. The highest BCUT2D eigenvalue weighted by molar-refractivity contribution is 6.01. The first kappa shape index (κ1) is 23.1. The number of carbonyl (C=O) groups is 2. The van der Waals surface area contributed by atoms with Crippen LogP contribution in [0.2, 0.25) is 0 Å². The maximum atomic E-state index is 13.7. The van der Waals surface area contributed by atoms with E-state index in [1.54, 1.807) is 31.2 Å². The monoisotopic (exact) mass is 465 g/mol. The number of fused-ring (bicyclic) bond motifs is 1. The molecule has 0 aliphatic heterocycles. The Morgan fingerprint density at radius 2 is 1.91 bits per heavy atom. The lowest BCUT2D eigenvalue weighted by molar-refractivity contribution is -0.127. The van der Waals surface area contributed by atoms with Gasteiger partial charge in [-0.15, -0.1) is 5.10 Å². The molecule has 4 aromatic rings. The van der Waals surface area contributed by atoms with Crippen molar-refractivity contribution in [2.45, 2.75) is 19.5 Å². The van der Waals surface area contributed by atoms with Gasteiger partial charge in [-0.1, -0.05) is 17.3 Å². The van der Waals surface area contributed by atoms with E-state index in [4.69, 9.17) is 9.15 Å². The average molecular weight is 465 g/mol. The summed E-state index contributed by atoms with van der Waals surface area (Å²) in [7, 11) is 1.52. The molecule has 1 N–H and O–H groups in total. The lowest BCUT2D eigenvalue weighted by atomic mass is 10.1. The number of methoxy groups -OCH3 is 1. The van der Waals surface area contributed by atoms with Gasteiger partial charge in [-0.2, -0.15) is 0 Å². The summed E-state index contributed by atoms with van der Waals surface area (Å²) >= 11 is 0. The van der Waals surface area contributed by atoms with E-state index in [0.29, 0.717) is 29.1 Å². The van der Waals surface area contributed by atoms with Crippen LogP contribution < -0.4 is 10.2 Å². The number of benzene rings is 2. The smallest absolute Gasteiger partial charge is 0.251 e. The van der Waals surface area contributed by atoms with Gasteiger partial charge in [0.05, 0.1) is 12.1 Å². The zero-order valence-electron chi connectivity index (χ0n) is 18.8. The van der Waals surface area contributed by atoms with Gasteiger partial charge < -0.3 is 14.5 Å². The zero-order chi connectivity index (χ0) is 24.1. The fourth-order valence-corrected chi connectivity index (χ4v) is 3.62. The predicted molar refractivity (Wildman–Crippen MR) is 122 cm³/mol. The average Bonchev–Trinajstić information content (AvgIpc) is 3.44. The standard InChI is InChI=1S/C24H24FN5O4/c1-16-7-12-21(34-16)23(24(32)26-13-14-33-2)30(18-10-8-17(25)9-11-18)22(31)15-29-20-6-4-3-5-19(20)27-28-29/h3-12,23H,13-15H2,1-2H3,(H,26,32)/t23-/m1/s1. The number of aryl methyl sites for hydroxylation is 1. The Morgan fingerprint density at radius 3 is 2.62 bits per heavy atom. The third-order valence-electron chi connectivity index (χ3n) is 5.22. The molecule has 10 heteroatoms. The van der Waals surface area contributed by atoms with Crippen molar-refractivity contribution in [2.24, 2.45) is 0 Å². The van der Waals surface area contributed by atoms with Gasteiger partial charge >= 0.3 is 0 Å². The van der Waals surface area contributed by atoms with Crippen LogP contribution in [0.1, 0.15) is 17.6 Å². The first-order valence-corrected chi connectivity index (χ1v) is 10.7. The van der Waals surface area contributed by atoms with Crippen LogP contribution in [-0.4, -0.2) is 47.1 Å². The van der Waals surface area contributed by atoms with Crippen molar-refractivity contribution in [1.29, 1.82) is 0 Å². The molecule has 0 aliphatic rings. The molecule has 9 nitrogen and oxygen atoms in total. The van der Waals surface area contributed by atoms with Crippen molar-refractivity contribution in [1.82, 2.24) is 20.3 Å². The van der Waals surface area contributed by atoms with Crippen LogP contribution in [0.3, 0.4) is 0 Å². The first-order chi connectivity index (χ1) is 16.5. The van der Waals surface area contributed by atoms with Gasteiger partial charge in [0.2, 0.25) is 5.91 Å². The lowest BCUT2D eigenvalue weighted by Crippen LogP contribution is -2.45. The number of ether oxygens (including phenoxy) is 1. The minimum Gasteiger partial charge on any atom is -0.464 e. The summed E-state index contributed by atoms with van der Waals surface area (Å²) in [5.74, 6) is -0.531. The molecule has 2 aromatic heterocycles. The van der Waals surface area contributed by atoms with Crippen LogP contribution in [0, 0.1) is 12.7 Å². The molecule has 2 aromatic carbocycles. The number of halogens is 1. The van der Waals surface area contributed by atoms with Gasteiger partial charge in [0, 0.05) is 19.3 Å². The largest absolute Gasteiger partial charge is 0.464 e. The first-order valence-electron chi connectivity index (χ1n) is 10.7. The molecule has 2 heterocycles. The van der Waals surface area contributed by atoms with E-state index in [0.717, 1.165) is 0 Å². The molecule has 2 amide bonds. The van der Waals surface area contributed by atoms with Crippen molar-refractivity contribution in [2.75, 3.05) is 25.2 Å². The molecule has 0 unspecified atom stereocenters. The second-order valence-corrected chi connectivity index (χ2v) is 7.61. The van der Waals surface area contributed by atoms with E-state index in [1.165, 1.54) is 41.0 Å². The highest BCUT2D eigenvalue weighted by atomic mass is 19.1. The number of anilines is 1. The van der Waals surface area contributed by atoms with Gasteiger partial charge in [-0.05, 0) is 55.5 Å². The maximum absolute atomic E-state index is 13.7. The van der Waals surface area contributed by atoms with Gasteiger partial charge in [0.1, 0.15) is 29.4 Å². The van der Waals surface area contributed by atoms with Crippen LogP contribution in [0.25, 0.3) is 11.0 Å². The summed E-state index contributed by atoms with van der Waals surface area (Å²) in [6.45, 7) is 2.09. The number of para-hydroxylation sites is 1. The van der Waals surface area contributed by atoms with Crippen LogP contribution in [0.5, 0.6) is 0 Å². The van der Waals surface area contributed by atoms with Crippen molar-refractivity contribution in [3.63, 3.8) is 0 Å². The van der Waals surface area contributed by atoms with Gasteiger partial charge in [-0.3, -0.25) is 14.5 Å². The fourth-order valence-electron chi connectivity index (χ4n) is 3.62. The molecular weight excluding hydrogens is 441 g/mol. The summed E-state index contributed by atoms with van der Waals surface area (Å²) < 4.78 is 25.9. The predicted octanol–water partition coefficient (Wildman–Crippen LogP) is 3.01. The molecule has 176 valence electrons. The molecule has 1 atom stereocenters. The van der Waals surface area contributed by atoms with Crippen LogP contribution >= 0.6 is 0 Å². The van der Waals surface area contributed by atoms with E-state index in [2.05, 4.69) is 15.6 Å². The van der Waals surface area contributed by atoms with E-state index in [-0.39, 0.29) is 18.8 Å². The Kier molecular flexibility index (Phi) is 6.98. The van der Waals surface area contributed by atoms with Crippen molar-refractivity contribution >= 4 is 28.5 Å². The third kappa shape index (κ3) is 4.96. The molecule has 4 rings (SSSR count). The van der Waals surface area contributed by atoms with E-state index < -0.39 is 23.7 Å². The normalized spacial score (nSPS) is 12.0. The molecule has 0 saturated carbocycles. The fraction of sp³-hybridized carbons (Fsp3) is 0.250. The molecule has 34 heavy (non-hydrogen) atoms. The second-order valence-electron chi connectivity index (χ2n) is 7.61. The van der Waals surface area contributed by atoms with E-state index in [9.17, 15) is 14.0 Å². The van der Waals surface area contributed by atoms with Gasteiger partial charge in [0.25, 0.3) is 5.91 Å². The highest BCUT2D eigenvalue weighted by Gasteiger charge is 2.35. The number of nitrogens with zero attached hydrogens (tertiary/aromatic N) is 4. The summed E-state index contributed by atoms with van der Waals surface area (Å²) in [6, 6.07) is 14.8. The molecular formula is C24H24FN5O4. The number of furan rings is 1. The molecule has 0 aliphatic carbocycles. The van der Waals surface area contributed by atoms with Gasteiger partial charge in [-0.25, -0.2) is 9.07 Å². The van der Waals surface area contributed by atoms with Crippen LogP contribution in [-0.2, 0) is 20.9 Å². The van der Waals surface area contributed by atoms with E-state index in [1.807, 2.05) is 12.1 Å². The minimum absolute atomic E-state index is 0.195. The molecule has 0 radical (unpaired) electrons. The molecule has 0 bridgehead atoms. The Morgan fingerprint density at radius 1 is 1.15 bits per heavy atom. The number of hydrogen-bond acceptors (Lipinski definition) is 6. The minimum atomic E-state index is -1.14.